The lowest BCUT2D eigenvalue weighted by Crippen LogP contribution is -2.36. The van der Waals surface area contributed by atoms with Crippen molar-refractivity contribution in [2.45, 2.75) is 19.5 Å². The molecular formula is C14H16N2OS. The van der Waals surface area contributed by atoms with E-state index in [1.54, 1.807) is 6.26 Å². The van der Waals surface area contributed by atoms with Crippen molar-refractivity contribution in [3.05, 3.63) is 60.1 Å². The Morgan fingerprint density at radius 1 is 1.22 bits per heavy atom. The monoisotopic (exact) mass is 260 g/mol. The standard InChI is InChI=1S/C14H16N2OS/c1-11(12-6-3-2-4-7-12)16-14(18)15-10-13-8-5-9-17-13/h2-9,11H,10H2,1H3,(H2,15,16,18). The van der Waals surface area contributed by atoms with Crippen LogP contribution in [-0.2, 0) is 6.54 Å². The third kappa shape index (κ3) is 3.60. The Bertz CT molecular complexity index is 482. The Morgan fingerprint density at radius 3 is 2.67 bits per heavy atom. The summed E-state index contributed by atoms with van der Waals surface area (Å²) in [6, 6.07) is 14.2. The van der Waals surface area contributed by atoms with Gasteiger partial charge in [0.15, 0.2) is 5.11 Å². The Kier molecular flexibility index (Phi) is 4.36. The van der Waals surface area contributed by atoms with Crippen LogP contribution >= 0.6 is 12.2 Å². The van der Waals surface area contributed by atoms with Crippen LogP contribution in [0.5, 0.6) is 0 Å². The minimum absolute atomic E-state index is 0.183. The van der Waals surface area contributed by atoms with Gasteiger partial charge in [0.2, 0.25) is 0 Å². The fourth-order valence-corrected chi connectivity index (χ4v) is 1.90. The predicted octanol–water partition coefficient (Wildman–Crippen LogP) is 3.00. The molecule has 2 N–H and O–H groups in total. The molecule has 0 aliphatic rings. The molecule has 0 radical (unpaired) electrons. The largest absolute Gasteiger partial charge is 0.467 e. The van der Waals surface area contributed by atoms with E-state index in [1.165, 1.54) is 5.56 Å². The summed E-state index contributed by atoms with van der Waals surface area (Å²) in [5.41, 5.74) is 1.21. The number of benzene rings is 1. The van der Waals surface area contributed by atoms with Gasteiger partial charge in [0.05, 0.1) is 18.8 Å². The molecule has 0 amide bonds. The molecule has 2 rings (SSSR count). The number of hydrogen-bond acceptors (Lipinski definition) is 2. The van der Waals surface area contributed by atoms with Crippen LogP contribution < -0.4 is 10.6 Å². The Morgan fingerprint density at radius 2 is 2.00 bits per heavy atom. The molecule has 0 fully saturated rings. The Labute approximate surface area is 112 Å². The second-order valence-corrected chi connectivity index (χ2v) is 4.45. The molecule has 0 saturated carbocycles. The van der Waals surface area contributed by atoms with E-state index in [2.05, 4.69) is 29.7 Å². The van der Waals surface area contributed by atoms with Gasteiger partial charge in [-0.05, 0) is 36.8 Å². The molecule has 1 atom stereocenters. The van der Waals surface area contributed by atoms with Crippen molar-refractivity contribution in [2.24, 2.45) is 0 Å². The average molecular weight is 260 g/mol. The molecule has 0 bridgehead atoms. The normalized spacial score (nSPS) is 11.8. The zero-order valence-electron chi connectivity index (χ0n) is 10.2. The van der Waals surface area contributed by atoms with Gasteiger partial charge in [-0.1, -0.05) is 30.3 Å². The number of hydrogen-bond donors (Lipinski definition) is 2. The van der Waals surface area contributed by atoms with Crippen molar-refractivity contribution >= 4 is 17.3 Å². The number of rotatable bonds is 4. The van der Waals surface area contributed by atoms with Crippen LogP contribution in [0.25, 0.3) is 0 Å². The summed E-state index contributed by atoms with van der Waals surface area (Å²) in [7, 11) is 0. The second kappa shape index (κ2) is 6.21. The van der Waals surface area contributed by atoms with E-state index in [-0.39, 0.29) is 6.04 Å². The van der Waals surface area contributed by atoms with E-state index in [9.17, 15) is 0 Å². The van der Waals surface area contributed by atoms with Crippen LogP contribution in [0.3, 0.4) is 0 Å². The number of furan rings is 1. The minimum atomic E-state index is 0.183. The van der Waals surface area contributed by atoms with E-state index in [1.807, 2.05) is 30.3 Å². The number of nitrogens with one attached hydrogen (secondary N) is 2. The molecule has 0 aliphatic carbocycles. The fourth-order valence-electron chi connectivity index (χ4n) is 1.65. The van der Waals surface area contributed by atoms with Crippen LogP contribution in [0.2, 0.25) is 0 Å². The SMILES string of the molecule is CC(NC(=S)NCc1ccco1)c1ccccc1. The summed E-state index contributed by atoms with van der Waals surface area (Å²) in [4.78, 5) is 0. The van der Waals surface area contributed by atoms with Gasteiger partial charge < -0.3 is 15.1 Å². The first kappa shape index (κ1) is 12.6. The smallest absolute Gasteiger partial charge is 0.167 e. The maximum atomic E-state index is 5.24. The van der Waals surface area contributed by atoms with Gasteiger partial charge in [-0.15, -0.1) is 0 Å². The highest BCUT2D eigenvalue weighted by Crippen LogP contribution is 2.10. The van der Waals surface area contributed by atoms with Crippen LogP contribution in [0.1, 0.15) is 24.3 Å². The molecule has 1 aromatic carbocycles. The zero-order chi connectivity index (χ0) is 12.8. The average Bonchev–Trinajstić information content (AvgIpc) is 2.90. The minimum Gasteiger partial charge on any atom is -0.467 e. The summed E-state index contributed by atoms with van der Waals surface area (Å²) < 4.78 is 5.22. The molecular weight excluding hydrogens is 244 g/mol. The van der Waals surface area contributed by atoms with E-state index >= 15 is 0 Å². The second-order valence-electron chi connectivity index (χ2n) is 4.04. The molecule has 0 aliphatic heterocycles. The molecule has 1 aromatic heterocycles. The zero-order valence-corrected chi connectivity index (χ0v) is 11.0. The van der Waals surface area contributed by atoms with Crippen LogP contribution in [0.4, 0.5) is 0 Å². The molecule has 94 valence electrons. The van der Waals surface area contributed by atoms with Gasteiger partial charge in [-0.25, -0.2) is 0 Å². The lowest BCUT2D eigenvalue weighted by atomic mass is 10.1. The van der Waals surface area contributed by atoms with E-state index in [4.69, 9.17) is 16.6 Å². The summed E-state index contributed by atoms with van der Waals surface area (Å²) in [5.74, 6) is 0.867. The first-order chi connectivity index (χ1) is 8.75. The quantitative estimate of drug-likeness (QED) is 0.829. The predicted molar refractivity (Wildman–Crippen MR) is 76.1 cm³/mol. The lowest BCUT2D eigenvalue weighted by molar-refractivity contribution is 0.501. The summed E-state index contributed by atoms with van der Waals surface area (Å²) >= 11 is 5.24. The molecule has 18 heavy (non-hydrogen) atoms. The summed E-state index contributed by atoms with van der Waals surface area (Å²) in [6.45, 7) is 2.68. The Balaban J connectivity index is 1.80. The third-order valence-electron chi connectivity index (χ3n) is 2.65. The summed E-state index contributed by atoms with van der Waals surface area (Å²) in [5, 5.41) is 6.98. The molecule has 0 saturated heterocycles. The Hall–Kier alpha value is -1.81. The van der Waals surface area contributed by atoms with E-state index in [0.717, 1.165) is 5.76 Å². The molecule has 1 unspecified atom stereocenters. The van der Waals surface area contributed by atoms with Crippen molar-refractivity contribution in [2.75, 3.05) is 0 Å². The van der Waals surface area contributed by atoms with Crippen LogP contribution in [0, 0.1) is 0 Å². The maximum Gasteiger partial charge on any atom is 0.167 e. The highest BCUT2D eigenvalue weighted by Gasteiger charge is 2.06. The lowest BCUT2D eigenvalue weighted by Gasteiger charge is -2.16. The van der Waals surface area contributed by atoms with Gasteiger partial charge in [0.25, 0.3) is 0 Å². The summed E-state index contributed by atoms with van der Waals surface area (Å²) in [6.07, 6.45) is 1.65. The van der Waals surface area contributed by atoms with Gasteiger partial charge in [0, 0.05) is 0 Å². The highest BCUT2D eigenvalue weighted by atomic mass is 32.1. The van der Waals surface area contributed by atoms with Crippen molar-refractivity contribution in [1.29, 1.82) is 0 Å². The van der Waals surface area contributed by atoms with Gasteiger partial charge in [0.1, 0.15) is 5.76 Å². The van der Waals surface area contributed by atoms with Gasteiger partial charge >= 0.3 is 0 Å². The van der Waals surface area contributed by atoms with Crippen molar-refractivity contribution in [3.63, 3.8) is 0 Å². The van der Waals surface area contributed by atoms with Crippen molar-refractivity contribution in [3.8, 4) is 0 Å². The topological polar surface area (TPSA) is 37.2 Å². The van der Waals surface area contributed by atoms with E-state index < -0.39 is 0 Å². The molecule has 2 aromatic rings. The molecule has 3 nitrogen and oxygen atoms in total. The van der Waals surface area contributed by atoms with Crippen LogP contribution in [0.15, 0.2) is 53.1 Å². The first-order valence-corrected chi connectivity index (χ1v) is 6.28. The van der Waals surface area contributed by atoms with Gasteiger partial charge in [-0.3, -0.25) is 0 Å². The maximum absolute atomic E-state index is 5.24. The fraction of sp³-hybridized carbons (Fsp3) is 0.214. The highest BCUT2D eigenvalue weighted by molar-refractivity contribution is 7.80. The molecule has 1 heterocycles. The molecule has 0 spiro atoms. The van der Waals surface area contributed by atoms with Crippen molar-refractivity contribution < 1.29 is 4.42 Å². The van der Waals surface area contributed by atoms with Crippen LogP contribution in [-0.4, -0.2) is 5.11 Å². The van der Waals surface area contributed by atoms with Gasteiger partial charge in [-0.2, -0.15) is 0 Å². The molecule has 4 heteroatoms. The van der Waals surface area contributed by atoms with Crippen molar-refractivity contribution in [1.82, 2.24) is 10.6 Å². The van der Waals surface area contributed by atoms with E-state index in [0.29, 0.717) is 11.7 Å². The number of thiocarbonyl (C=S) groups is 1. The third-order valence-corrected chi connectivity index (χ3v) is 2.91. The first-order valence-electron chi connectivity index (χ1n) is 5.87.